The third kappa shape index (κ3) is 2.93. The van der Waals surface area contributed by atoms with Crippen LogP contribution in [0.3, 0.4) is 0 Å². The van der Waals surface area contributed by atoms with Crippen LogP contribution in [-0.2, 0) is 14.8 Å². The quantitative estimate of drug-likeness (QED) is 0.836. The van der Waals surface area contributed by atoms with E-state index in [1.165, 1.54) is 26.4 Å². The van der Waals surface area contributed by atoms with Gasteiger partial charge in [0.25, 0.3) is 0 Å². The van der Waals surface area contributed by atoms with Crippen molar-refractivity contribution < 1.29 is 23.0 Å². The van der Waals surface area contributed by atoms with Gasteiger partial charge in [-0.1, -0.05) is 6.07 Å². The van der Waals surface area contributed by atoms with Crippen molar-refractivity contribution in [1.29, 1.82) is 0 Å². The van der Waals surface area contributed by atoms with Gasteiger partial charge < -0.3 is 14.6 Å². The molecule has 0 bridgehead atoms. The van der Waals surface area contributed by atoms with Gasteiger partial charge in [-0.05, 0) is 6.07 Å². The maximum absolute atomic E-state index is 10.9. The first kappa shape index (κ1) is 12.9. The van der Waals surface area contributed by atoms with Gasteiger partial charge in [0, 0.05) is 16.2 Å². The van der Waals surface area contributed by atoms with Crippen LogP contribution >= 0.6 is 10.7 Å². The number of rotatable bonds is 4. The minimum absolute atomic E-state index is 0.0836. The fraction of sp³-hybridized carbons (Fsp3) is 0.333. The van der Waals surface area contributed by atoms with Crippen LogP contribution in [0.4, 0.5) is 0 Å². The van der Waals surface area contributed by atoms with E-state index in [0.29, 0.717) is 5.75 Å². The first-order valence-corrected chi connectivity index (χ1v) is 6.72. The second-order valence-corrected chi connectivity index (χ2v) is 5.77. The maximum Gasteiger partial charge on any atom is 0.236 e. The number of benzene rings is 1. The maximum atomic E-state index is 10.9. The molecule has 5 nitrogen and oxygen atoms in total. The van der Waals surface area contributed by atoms with Crippen molar-refractivity contribution in [2.24, 2.45) is 0 Å². The first-order valence-electron chi connectivity index (χ1n) is 4.24. The molecule has 90 valence electrons. The molecule has 0 unspecified atom stereocenters. The highest BCUT2D eigenvalue weighted by atomic mass is 35.7. The topological polar surface area (TPSA) is 72.8 Å². The second kappa shape index (κ2) is 4.80. The molecule has 0 spiro atoms. The van der Waals surface area contributed by atoms with Crippen molar-refractivity contribution in [2.45, 2.75) is 5.75 Å². The molecule has 0 saturated carbocycles. The van der Waals surface area contributed by atoms with Crippen LogP contribution in [0.1, 0.15) is 5.56 Å². The molecule has 7 heteroatoms. The molecular formula is C9H11ClO5S. The lowest BCUT2D eigenvalue weighted by atomic mass is 10.2. The zero-order valence-corrected chi connectivity index (χ0v) is 10.3. The molecule has 1 aromatic carbocycles. The van der Waals surface area contributed by atoms with Gasteiger partial charge in [-0.3, -0.25) is 0 Å². The predicted molar refractivity (Wildman–Crippen MR) is 59.7 cm³/mol. The van der Waals surface area contributed by atoms with E-state index in [1.54, 1.807) is 0 Å². The zero-order chi connectivity index (χ0) is 12.3. The summed E-state index contributed by atoms with van der Waals surface area (Å²) in [5.74, 6) is -0.358. The van der Waals surface area contributed by atoms with Gasteiger partial charge >= 0.3 is 0 Å². The summed E-state index contributed by atoms with van der Waals surface area (Å²) in [4.78, 5) is 0. The summed E-state index contributed by atoms with van der Waals surface area (Å²) >= 11 is 0. The van der Waals surface area contributed by atoms with Crippen molar-refractivity contribution in [3.63, 3.8) is 0 Å². The summed E-state index contributed by atoms with van der Waals surface area (Å²) in [7, 11) is 4.13. The third-order valence-corrected chi connectivity index (χ3v) is 2.91. The fourth-order valence-electron chi connectivity index (χ4n) is 1.25. The monoisotopic (exact) mass is 266 g/mol. The van der Waals surface area contributed by atoms with Crippen LogP contribution in [0.5, 0.6) is 17.2 Å². The van der Waals surface area contributed by atoms with E-state index in [1.807, 2.05) is 0 Å². The molecule has 0 aliphatic carbocycles. The Bertz CT molecular complexity index is 483. The van der Waals surface area contributed by atoms with Gasteiger partial charge in [-0.2, -0.15) is 0 Å². The molecule has 0 radical (unpaired) electrons. The van der Waals surface area contributed by atoms with Crippen molar-refractivity contribution in [3.05, 3.63) is 17.7 Å². The molecule has 0 aliphatic heterocycles. The number of hydrogen-bond acceptors (Lipinski definition) is 5. The highest BCUT2D eigenvalue weighted by molar-refractivity contribution is 8.13. The molecule has 0 aliphatic rings. The normalized spacial score (nSPS) is 11.2. The summed E-state index contributed by atoms with van der Waals surface area (Å²) in [6.07, 6.45) is 0. The Morgan fingerprint density at radius 1 is 1.31 bits per heavy atom. The molecule has 0 amide bonds. The summed E-state index contributed by atoms with van der Waals surface area (Å²) in [5, 5.41) is 9.74. The minimum Gasteiger partial charge on any atom is -0.504 e. The Labute approximate surface area is 98.0 Å². The molecule has 1 aromatic rings. The number of phenolic OH excluding ortho intramolecular Hbond substituents is 1. The third-order valence-electron chi connectivity index (χ3n) is 1.93. The Hall–Kier alpha value is -1.14. The summed E-state index contributed by atoms with van der Waals surface area (Å²) in [6, 6.07) is 2.91. The van der Waals surface area contributed by atoms with Gasteiger partial charge in [-0.25, -0.2) is 8.42 Å². The van der Waals surface area contributed by atoms with Crippen LogP contribution in [0.2, 0.25) is 0 Å². The number of methoxy groups -OCH3 is 2. The van der Waals surface area contributed by atoms with Crippen molar-refractivity contribution in [2.75, 3.05) is 14.2 Å². The van der Waals surface area contributed by atoms with Crippen LogP contribution in [-0.4, -0.2) is 27.7 Å². The molecule has 0 aromatic heterocycles. The van der Waals surface area contributed by atoms with Gasteiger partial charge in [-0.15, -0.1) is 0 Å². The van der Waals surface area contributed by atoms with E-state index in [9.17, 15) is 13.5 Å². The molecule has 0 heterocycles. The lowest BCUT2D eigenvalue weighted by molar-refractivity contribution is 0.332. The van der Waals surface area contributed by atoms with Crippen molar-refractivity contribution in [1.82, 2.24) is 0 Å². The Morgan fingerprint density at radius 2 is 1.94 bits per heavy atom. The van der Waals surface area contributed by atoms with E-state index < -0.39 is 14.8 Å². The van der Waals surface area contributed by atoms with Crippen LogP contribution in [0.15, 0.2) is 12.1 Å². The average molecular weight is 267 g/mol. The smallest absolute Gasteiger partial charge is 0.236 e. The van der Waals surface area contributed by atoms with Crippen LogP contribution in [0, 0.1) is 0 Å². The van der Waals surface area contributed by atoms with Gasteiger partial charge in [0.1, 0.15) is 0 Å². The van der Waals surface area contributed by atoms with Crippen LogP contribution in [0.25, 0.3) is 0 Å². The first-order chi connectivity index (χ1) is 7.39. The summed E-state index contributed by atoms with van der Waals surface area (Å²) in [6.45, 7) is 0. The van der Waals surface area contributed by atoms with Crippen LogP contribution < -0.4 is 9.47 Å². The largest absolute Gasteiger partial charge is 0.504 e. The number of hydrogen-bond donors (Lipinski definition) is 1. The second-order valence-electron chi connectivity index (χ2n) is 2.99. The standard InChI is InChI=1S/C9H11ClO5S/c1-14-7-4-3-6(5-16(10,12)13)8(11)9(7)15-2/h3-4,11H,5H2,1-2H3. The number of phenols is 1. The van der Waals surface area contributed by atoms with E-state index in [4.69, 9.17) is 20.2 Å². The summed E-state index contributed by atoms with van der Waals surface area (Å²) < 4.78 is 31.6. The van der Waals surface area contributed by atoms with E-state index in [0.717, 1.165) is 0 Å². The number of halogens is 1. The molecular weight excluding hydrogens is 256 g/mol. The average Bonchev–Trinajstić information content (AvgIpc) is 2.19. The summed E-state index contributed by atoms with van der Waals surface area (Å²) in [5.41, 5.74) is 0.160. The molecule has 0 saturated heterocycles. The molecule has 1 N–H and O–H groups in total. The van der Waals surface area contributed by atoms with E-state index in [2.05, 4.69) is 0 Å². The van der Waals surface area contributed by atoms with E-state index in [-0.39, 0.29) is 17.1 Å². The van der Waals surface area contributed by atoms with Crippen molar-refractivity contribution >= 4 is 19.7 Å². The highest BCUT2D eigenvalue weighted by Gasteiger charge is 2.17. The molecule has 0 fully saturated rings. The fourth-order valence-corrected chi connectivity index (χ4v) is 2.21. The SMILES string of the molecule is COc1ccc(CS(=O)(=O)Cl)c(O)c1OC. The Kier molecular flexibility index (Phi) is 3.88. The Balaban J connectivity index is 3.24. The van der Waals surface area contributed by atoms with E-state index >= 15 is 0 Å². The molecule has 0 atom stereocenters. The highest BCUT2D eigenvalue weighted by Crippen LogP contribution is 2.39. The predicted octanol–water partition coefficient (Wildman–Crippen LogP) is 1.48. The molecule has 1 rings (SSSR count). The number of aromatic hydroxyl groups is 1. The van der Waals surface area contributed by atoms with Gasteiger partial charge in [0.2, 0.25) is 14.8 Å². The Morgan fingerprint density at radius 3 is 2.38 bits per heavy atom. The lowest BCUT2D eigenvalue weighted by Crippen LogP contribution is -1.98. The van der Waals surface area contributed by atoms with Gasteiger partial charge in [0.05, 0.1) is 20.0 Å². The molecule has 16 heavy (non-hydrogen) atoms. The minimum atomic E-state index is -3.73. The van der Waals surface area contributed by atoms with Crippen molar-refractivity contribution in [3.8, 4) is 17.2 Å². The van der Waals surface area contributed by atoms with Gasteiger partial charge in [0.15, 0.2) is 11.5 Å². The number of ether oxygens (including phenoxy) is 2. The lowest BCUT2D eigenvalue weighted by Gasteiger charge is -2.11. The zero-order valence-electron chi connectivity index (χ0n) is 8.73.